The third-order valence-electron chi connectivity index (χ3n) is 22.7. The summed E-state index contributed by atoms with van der Waals surface area (Å²) in [6.45, 7) is 11.2. The fourth-order valence-corrected chi connectivity index (χ4v) is 16.2. The van der Waals surface area contributed by atoms with Gasteiger partial charge in [-0.2, -0.15) is 0 Å². The summed E-state index contributed by atoms with van der Waals surface area (Å²) in [6.07, 6.45) is 26.7. The number of nitrogens with one attached hydrogen (secondary N) is 3. The fraction of sp³-hybridized carbons (Fsp3) is 0.457. The summed E-state index contributed by atoms with van der Waals surface area (Å²) < 4.78 is 31.8. The highest BCUT2D eigenvalue weighted by atomic mass is 16.6. The smallest absolute Gasteiger partial charge is 0.320 e. The topological polar surface area (TPSA) is 362 Å². The van der Waals surface area contributed by atoms with E-state index in [1.54, 1.807) is 113 Å². The van der Waals surface area contributed by atoms with Crippen LogP contribution < -0.4 is 51.8 Å². The second kappa shape index (κ2) is 41.9. The van der Waals surface area contributed by atoms with Crippen molar-refractivity contribution in [1.29, 1.82) is 0 Å². The Morgan fingerprint density at radius 1 is 0.512 bits per heavy atom. The van der Waals surface area contributed by atoms with Gasteiger partial charge < -0.3 is 43.9 Å². The number of carbonyl (C=O) groups is 10. The standard InChI is InChI=1S/C44H52N6O8.C26H33N3O5.C22H29N3O4/c1-27(39-35(57-4)22-29(23-36(39)58-5)33-25-49(3)42(54)32-24-45-21-19-30(32)33)48(2)26-38(52)46-20-12-10-8-6-7-9-11-14-28-15-13-16-31-40(28)44(56)50(43(31)55)34-17-18-37(51)47-41(34)53;1-16(28(5)15-23(30)34-26(2,3)4)24-21(32-7)11-17(12-22(24)33-8)20-14-29(6)25(31)19-13-27-10-9-18(19)20;23-14-7-5-3-1-2-4-6-9-15-10-8-11-16-19(15)22(29)25(21(16)28)17-12-13-18(26)24-20(17)27/h13,15-16,19,21-25,27,34H,6-12,14,17-18,20,26H2,1-5H3,(H,46,52)(H,47,51,53);9-14,16H,15H2,1-8H3;8,10-11,17H,1-7,9,12-14,23H2,(H,24,26,27). The van der Waals surface area contributed by atoms with E-state index in [-0.39, 0.29) is 79.8 Å². The zero-order chi connectivity index (χ0) is 87.5. The number of likely N-dealkylation sites (N-methyl/N-ethyl adjacent to an activating group) is 2. The van der Waals surface area contributed by atoms with E-state index in [2.05, 4.69) is 25.9 Å². The number of methoxy groups -OCH3 is 4. The summed E-state index contributed by atoms with van der Waals surface area (Å²) in [6, 6.07) is 19.7. The van der Waals surface area contributed by atoms with Crippen LogP contribution in [0.2, 0.25) is 0 Å². The summed E-state index contributed by atoms with van der Waals surface area (Å²) in [7, 11) is 13.6. The Labute approximate surface area is 705 Å². The molecule has 4 aliphatic heterocycles. The molecule has 4 atom stereocenters. The predicted molar refractivity (Wildman–Crippen MR) is 459 cm³/mol. The van der Waals surface area contributed by atoms with Crippen molar-refractivity contribution in [2.24, 2.45) is 19.8 Å². The van der Waals surface area contributed by atoms with Gasteiger partial charge in [0.05, 0.1) is 85.7 Å². The maximum absolute atomic E-state index is 13.3. The number of hydrogen-bond donors (Lipinski definition) is 4. The van der Waals surface area contributed by atoms with E-state index in [4.69, 9.17) is 29.4 Å². The van der Waals surface area contributed by atoms with E-state index in [1.165, 1.54) is 19.3 Å². The van der Waals surface area contributed by atoms with Gasteiger partial charge in [-0.1, -0.05) is 88.5 Å². The normalized spacial score (nSPS) is 15.7. The first kappa shape index (κ1) is 91.5. The van der Waals surface area contributed by atoms with Gasteiger partial charge in [0, 0.05) is 93.9 Å². The molecule has 8 aromatic rings. The van der Waals surface area contributed by atoms with Gasteiger partial charge >= 0.3 is 5.97 Å². The Bertz CT molecular complexity index is 5270. The first-order chi connectivity index (χ1) is 57.9. The SMILES string of the molecule is COc1cc(-c2cn(C)c(=O)c3cnccc23)cc(OC)c1C(C)N(C)CC(=O)NCCCCCCCCCc1cccc2c1C(=O)N(C1CCC(=O)NC1=O)C2=O.COc1cc(-c2cn(C)c(=O)c3cnccc23)cc(OC)c1C(C)N(C)CC(=O)OC(C)(C)C.NCCCCCCCCCc1cccc2c1C(=O)N(C1CCC(=O)NC1=O)C2=O. The van der Waals surface area contributed by atoms with Crippen molar-refractivity contribution in [3.8, 4) is 45.3 Å². The number of esters is 1. The summed E-state index contributed by atoms with van der Waals surface area (Å²) >= 11 is 0. The highest BCUT2D eigenvalue weighted by Crippen LogP contribution is 2.44. The minimum atomic E-state index is -0.970. The molecule has 644 valence electrons. The zero-order valence-corrected chi connectivity index (χ0v) is 71.8. The van der Waals surface area contributed by atoms with Gasteiger partial charge in [0.25, 0.3) is 34.7 Å². The van der Waals surface area contributed by atoms with Crippen molar-refractivity contribution in [2.45, 2.75) is 193 Å². The number of hydrogen-bond acceptors (Lipinski definition) is 22. The number of unbranched alkanes of at least 4 members (excludes halogenated alkanes) is 12. The largest absolute Gasteiger partial charge is 0.496 e. The van der Waals surface area contributed by atoms with E-state index in [0.29, 0.717) is 69.0 Å². The molecule has 0 spiro atoms. The van der Waals surface area contributed by atoms with Crippen LogP contribution in [0.1, 0.15) is 226 Å². The number of benzene rings is 4. The minimum absolute atomic E-state index is 0.0676. The van der Waals surface area contributed by atoms with Crippen LogP contribution in [0.25, 0.3) is 43.8 Å². The molecular weight excluding hydrogens is 1550 g/mol. The maximum atomic E-state index is 13.3. The Morgan fingerprint density at radius 2 is 0.893 bits per heavy atom. The molecule has 2 saturated heterocycles. The molecule has 0 saturated carbocycles. The molecule has 29 nitrogen and oxygen atoms in total. The van der Waals surface area contributed by atoms with Crippen molar-refractivity contribution < 1.29 is 71.6 Å². The van der Waals surface area contributed by atoms with Crippen LogP contribution >= 0.6 is 0 Å². The number of ether oxygens (including phenoxy) is 5. The van der Waals surface area contributed by atoms with Crippen molar-refractivity contribution in [3.63, 3.8) is 0 Å². The summed E-state index contributed by atoms with van der Waals surface area (Å²) in [5, 5.41) is 10.1. The highest BCUT2D eigenvalue weighted by molar-refractivity contribution is 6.25. The van der Waals surface area contributed by atoms with Crippen molar-refractivity contribution in [1.82, 2.24) is 54.7 Å². The lowest BCUT2D eigenvalue weighted by Crippen LogP contribution is -2.54. The van der Waals surface area contributed by atoms with Crippen molar-refractivity contribution in [2.75, 3.05) is 68.7 Å². The van der Waals surface area contributed by atoms with Crippen molar-refractivity contribution >= 4 is 80.7 Å². The number of rotatable bonds is 35. The molecule has 4 unspecified atom stereocenters. The van der Waals surface area contributed by atoms with E-state index in [9.17, 15) is 57.5 Å². The quantitative estimate of drug-likeness (QED) is 0.0163. The molecule has 0 radical (unpaired) electrons. The number of piperidine rings is 2. The zero-order valence-electron chi connectivity index (χ0n) is 71.8. The van der Waals surface area contributed by atoms with Gasteiger partial charge in [-0.3, -0.25) is 97.7 Å². The van der Waals surface area contributed by atoms with Crippen molar-refractivity contribution in [3.05, 3.63) is 175 Å². The molecule has 8 heterocycles. The van der Waals surface area contributed by atoms with E-state index in [1.807, 2.05) is 107 Å². The Balaban J connectivity index is 0.000000207. The van der Waals surface area contributed by atoms with E-state index >= 15 is 0 Å². The molecule has 2 fully saturated rings. The molecule has 5 N–H and O–H groups in total. The number of carbonyl (C=O) groups excluding carboxylic acids is 10. The molecule has 29 heteroatoms. The fourth-order valence-electron chi connectivity index (χ4n) is 16.2. The highest BCUT2D eigenvalue weighted by Gasteiger charge is 2.47. The molecule has 9 amide bonds. The molecule has 0 bridgehead atoms. The van der Waals surface area contributed by atoms with Crippen LogP contribution in [0.3, 0.4) is 0 Å². The van der Waals surface area contributed by atoms with Crippen LogP contribution in [0, 0.1) is 0 Å². The van der Waals surface area contributed by atoms with Crippen LogP contribution in [0.4, 0.5) is 0 Å². The third-order valence-corrected chi connectivity index (χ3v) is 22.7. The first-order valence-electron chi connectivity index (χ1n) is 41.6. The monoisotopic (exact) mass is 1660 g/mol. The van der Waals surface area contributed by atoms with Crippen LogP contribution in [0.15, 0.2) is 120 Å². The Morgan fingerprint density at radius 3 is 1.27 bits per heavy atom. The number of aryl methyl sites for hydroxylation is 4. The predicted octanol–water partition coefficient (Wildman–Crippen LogP) is 11.4. The van der Waals surface area contributed by atoms with Gasteiger partial charge in [0.1, 0.15) is 40.7 Å². The van der Waals surface area contributed by atoms with Gasteiger partial charge in [-0.15, -0.1) is 0 Å². The summed E-state index contributed by atoms with van der Waals surface area (Å²) in [4.78, 5) is 165. The first-order valence-corrected chi connectivity index (χ1v) is 41.6. The Kier molecular flexibility index (Phi) is 31.7. The number of imide groups is 4. The number of aromatic nitrogens is 4. The minimum Gasteiger partial charge on any atom is -0.496 e. The van der Waals surface area contributed by atoms with Crippen LogP contribution in [-0.2, 0) is 60.4 Å². The molecule has 4 aromatic heterocycles. The molecule has 4 aromatic carbocycles. The van der Waals surface area contributed by atoms with E-state index < -0.39 is 59.0 Å². The average molecular weight is 1660 g/mol. The molecule has 0 aliphatic carbocycles. The second-order valence-electron chi connectivity index (χ2n) is 32.3. The third kappa shape index (κ3) is 21.9. The number of nitrogens with two attached hydrogens (primary N) is 1. The average Bonchev–Trinajstić information content (AvgIpc) is 1.71. The van der Waals surface area contributed by atoms with Gasteiger partial charge in [-0.25, -0.2) is 0 Å². The second-order valence-corrected chi connectivity index (χ2v) is 32.3. The van der Waals surface area contributed by atoms with Gasteiger partial charge in [0.15, 0.2) is 0 Å². The summed E-state index contributed by atoms with van der Waals surface area (Å²) in [5.74, 6) is -1.67. The number of amides is 9. The van der Waals surface area contributed by atoms with Gasteiger partial charge in [0.2, 0.25) is 29.5 Å². The van der Waals surface area contributed by atoms with E-state index in [0.717, 1.165) is 149 Å². The molecule has 121 heavy (non-hydrogen) atoms. The lowest BCUT2D eigenvalue weighted by molar-refractivity contribution is -0.156. The van der Waals surface area contributed by atoms with Gasteiger partial charge in [-0.05, 0) is 188 Å². The summed E-state index contributed by atoms with van der Waals surface area (Å²) in [5.41, 5.74) is 12.8. The Hall–Kier alpha value is -11.8. The van der Waals surface area contributed by atoms with Crippen LogP contribution in [-0.4, -0.2) is 184 Å². The molecular formula is C92H114N12O17. The lowest BCUT2D eigenvalue weighted by Gasteiger charge is -2.29. The lowest BCUT2D eigenvalue weighted by atomic mass is 9.96. The van der Waals surface area contributed by atoms with Crippen LogP contribution in [0.5, 0.6) is 23.0 Å². The number of fused-ring (bicyclic) bond motifs is 4. The molecule has 12 rings (SSSR count). The molecule has 4 aliphatic rings. The number of nitrogens with zero attached hydrogens (tertiary/aromatic N) is 8. The maximum Gasteiger partial charge on any atom is 0.320 e. The number of pyridine rings is 4.